The molecule has 0 unspecified atom stereocenters. The van der Waals surface area contributed by atoms with E-state index >= 15 is 0 Å². The number of aromatic hydroxyl groups is 1. The summed E-state index contributed by atoms with van der Waals surface area (Å²) in [6.45, 7) is 3.07. The number of rotatable bonds is 7. The van der Waals surface area contributed by atoms with Crippen LogP contribution in [-0.2, 0) is 6.54 Å². The van der Waals surface area contributed by atoms with Crippen LogP contribution in [0.2, 0.25) is 0 Å². The fourth-order valence-electron chi connectivity index (χ4n) is 1.96. The Morgan fingerprint density at radius 3 is 2.37 bits per heavy atom. The highest BCUT2D eigenvalue weighted by molar-refractivity contribution is 5.84. The summed E-state index contributed by atoms with van der Waals surface area (Å²) < 4.78 is 0. The second-order valence-electron chi connectivity index (χ2n) is 4.33. The summed E-state index contributed by atoms with van der Waals surface area (Å²) in [4.78, 5) is 1.83. The predicted octanol–water partition coefficient (Wildman–Crippen LogP) is 0.295. The van der Waals surface area contributed by atoms with Crippen LogP contribution >= 0.6 is 0 Å². The van der Waals surface area contributed by atoms with E-state index in [0.29, 0.717) is 30.8 Å². The molecule has 1 aromatic carbocycles. The van der Waals surface area contributed by atoms with Crippen LogP contribution in [0.3, 0.4) is 0 Å². The molecule has 19 heavy (non-hydrogen) atoms. The first-order valence-corrected chi connectivity index (χ1v) is 6.06. The van der Waals surface area contributed by atoms with Gasteiger partial charge in [-0.2, -0.15) is 0 Å². The van der Waals surface area contributed by atoms with Crippen molar-refractivity contribution in [3.05, 3.63) is 28.8 Å². The Morgan fingerprint density at radius 2 is 1.84 bits per heavy atom. The Labute approximate surface area is 112 Å². The number of oxime groups is 1. The molecule has 0 aliphatic rings. The van der Waals surface area contributed by atoms with Crippen LogP contribution in [0, 0.1) is 6.92 Å². The molecule has 0 heterocycles. The van der Waals surface area contributed by atoms with Crippen LogP contribution in [0.1, 0.15) is 16.7 Å². The van der Waals surface area contributed by atoms with Crippen LogP contribution < -0.4 is 0 Å². The molecule has 0 radical (unpaired) electrons. The van der Waals surface area contributed by atoms with E-state index in [1.165, 1.54) is 6.21 Å². The smallest absolute Gasteiger partial charge is 0.128 e. The van der Waals surface area contributed by atoms with Gasteiger partial charge in [0.05, 0.1) is 19.4 Å². The van der Waals surface area contributed by atoms with Crippen molar-refractivity contribution in [3.8, 4) is 5.75 Å². The standard InChI is InChI=1S/C13H20N2O4/c1-10-6-11(8-14-19)13(18)12(7-10)9-15(2-4-16)3-5-17/h6-8,16-19H,2-5,9H2,1H3/b14-8+. The molecular formula is C13H20N2O4. The molecule has 0 aromatic heterocycles. The number of phenols is 1. The minimum atomic E-state index is -0.0163. The lowest BCUT2D eigenvalue weighted by molar-refractivity contribution is 0.155. The molecule has 0 fully saturated rings. The number of hydrogen-bond acceptors (Lipinski definition) is 6. The fourth-order valence-corrected chi connectivity index (χ4v) is 1.96. The lowest BCUT2D eigenvalue weighted by Crippen LogP contribution is -2.29. The van der Waals surface area contributed by atoms with Gasteiger partial charge in [0.25, 0.3) is 0 Å². The number of aliphatic hydroxyl groups excluding tert-OH is 2. The summed E-state index contributed by atoms with van der Waals surface area (Å²) in [7, 11) is 0. The lowest BCUT2D eigenvalue weighted by atomic mass is 10.0. The Hall–Kier alpha value is -1.63. The zero-order valence-electron chi connectivity index (χ0n) is 11.0. The monoisotopic (exact) mass is 268 g/mol. The summed E-state index contributed by atoms with van der Waals surface area (Å²) in [5.74, 6) is 0.0456. The first-order chi connectivity index (χ1) is 9.12. The van der Waals surface area contributed by atoms with Gasteiger partial charge in [-0.1, -0.05) is 11.2 Å². The molecule has 0 aliphatic carbocycles. The predicted molar refractivity (Wildman–Crippen MR) is 71.7 cm³/mol. The highest BCUT2D eigenvalue weighted by atomic mass is 16.4. The van der Waals surface area contributed by atoms with Crippen LogP contribution in [0.4, 0.5) is 0 Å². The molecule has 0 saturated carbocycles. The van der Waals surface area contributed by atoms with Crippen molar-refractivity contribution in [2.24, 2.45) is 5.16 Å². The molecular weight excluding hydrogens is 248 g/mol. The molecule has 4 N–H and O–H groups in total. The molecule has 1 rings (SSSR count). The zero-order valence-corrected chi connectivity index (χ0v) is 11.0. The topological polar surface area (TPSA) is 96.5 Å². The van der Waals surface area contributed by atoms with Crippen molar-refractivity contribution >= 4 is 6.21 Å². The molecule has 0 saturated heterocycles. The molecule has 0 bridgehead atoms. The molecule has 0 aliphatic heterocycles. The SMILES string of the molecule is Cc1cc(/C=N/O)c(O)c(CN(CCO)CCO)c1. The van der Waals surface area contributed by atoms with E-state index in [1.54, 1.807) is 6.07 Å². The lowest BCUT2D eigenvalue weighted by Gasteiger charge is -2.21. The maximum atomic E-state index is 10.1. The van der Waals surface area contributed by atoms with E-state index < -0.39 is 0 Å². The van der Waals surface area contributed by atoms with E-state index in [2.05, 4.69) is 5.16 Å². The first kappa shape index (κ1) is 15.4. The largest absolute Gasteiger partial charge is 0.507 e. The van der Waals surface area contributed by atoms with Gasteiger partial charge in [-0.15, -0.1) is 0 Å². The number of aliphatic hydroxyl groups is 2. The van der Waals surface area contributed by atoms with Crippen molar-refractivity contribution < 1.29 is 20.5 Å². The highest BCUT2D eigenvalue weighted by Crippen LogP contribution is 2.24. The Kier molecular flexibility index (Phi) is 6.27. The maximum Gasteiger partial charge on any atom is 0.128 e. The summed E-state index contributed by atoms with van der Waals surface area (Å²) in [5.41, 5.74) is 2.03. The first-order valence-electron chi connectivity index (χ1n) is 6.06. The molecule has 106 valence electrons. The third-order valence-electron chi connectivity index (χ3n) is 2.79. The van der Waals surface area contributed by atoms with Crippen molar-refractivity contribution in [2.45, 2.75) is 13.5 Å². The van der Waals surface area contributed by atoms with Gasteiger partial charge in [0.1, 0.15) is 5.75 Å². The van der Waals surface area contributed by atoms with Crippen LogP contribution in [0.5, 0.6) is 5.75 Å². The van der Waals surface area contributed by atoms with Gasteiger partial charge >= 0.3 is 0 Å². The molecule has 6 heteroatoms. The van der Waals surface area contributed by atoms with Crippen LogP contribution in [-0.4, -0.2) is 57.9 Å². The van der Waals surface area contributed by atoms with E-state index in [1.807, 2.05) is 17.9 Å². The average Bonchev–Trinajstić information content (AvgIpc) is 2.36. The van der Waals surface area contributed by atoms with E-state index in [0.717, 1.165) is 5.56 Å². The summed E-state index contributed by atoms with van der Waals surface area (Å²) in [6.07, 6.45) is 1.17. The zero-order chi connectivity index (χ0) is 14.3. The molecule has 0 amide bonds. The molecule has 0 atom stereocenters. The summed E-state index contributed by atoms with van der Waals surface area (Å²) in [5, 5.41) is 39.5. The van der Waals surface area contributed by atoms with Gasteiger partial charge in [-0.05, 0) is 18.6 Å². The van der Waals surface area contributed by atoms with Crippen LogP contribution in [0.25, 0.3) is 0 Å². The third-order valence-corrected chi connectivity index (χ3v) is 2.79. The van der Waals surface area contributed by atoms with Crippen molar-refractivity contribution in [3.63, 3.8) is 0 Å². The van der Waals surface area contributed by atoms with Gasteiger partial charge in [0.15, 0.2) is 0 Å². The number of hydrogen-bond donors (Lipinski definition) is 4. The third kappa shape index (κ3) is 4.51. The van der Waals surface area contributed by atoms with Crippen molar-refractivity contribution in [1.29, 1.82) is 0 Å². The van der Waals surface area contributed by atoms with Gasteiger partial charge in [0.2, 0.25) is 0 Å². The molecule has 1 aromatic rings. The van der Waals surface area contributed by atoms with E-state index in [-0.39, 0.29) is 19.0 Å². The van der Waals surface area contributed by atoms with E-state index in [4.69, 9.17) is 15.4 Å². The van der Waals surface area contributed by atoms with Gasteiger partial charge in [-0.25, -0.2) is 0 Å². The van der Waals surface area contributed by atoms with Gasteiger partial charge < -0.3 is 20.5 Å². The summed E-state index contributed by atoms with van der Waals surface area (Å²) in [6, 6.07) is 3.53. The number of nitrogens with zero attached hydrogens (tertiary/aromatic N) is 2. The second kappa shape index (κ2) is 7.73. The Balaban J connectivity index is 2.98. The molecule has 6 nitrogen and oxygen atoms in total. The van der Waals surface area contributed by atoms with Gasteiger partial charge in [-0.3, -0.25) is 4.90 Å². The average molecular weight is 268 g/mol. The Morgan fingerprint density at radius 1 is 1.21 bits per heavy atom. The molecule has 0 spiro atoms. The highest BCUT2D eigenvalue weighted by Gasteiger charge is 2.12. The van der Waals surface area contributed by atoms with E-state index in [9.17, 15) is 5.11 Å². The Bertz CT molecular complexity index is 429. The fraction of sp³-hybridized carbons (Fsp3) is 0.462. The van der Waals surface area contributed by atoms with Crippen LogP contribution in [0.15, 0.2) is 17.3 Å². The van der Waals surface area contributed by atoms with Gasteiger partial charge in [0, 0.05) is 30.8 Å². The van der Waals surface area contributed by atoms with Crippen molar-refractivity contribution in [1.82, 2.24) is 4.90 Å². The summed E-state index contributed by atoms with van der Waals surface area (Å²) >= 11 is 0. The number of aryl methyl sites for hydroxylation is 1. The van der Waals surface area contributed by atoms with Crippen molar-refractivity contribution in [2.75, 3.05) is 26.3 Å². The maximum absolute atomic E-state index is 10.1. The minimum absolute atomic E-state index is 0.0163. The normalized spacial score (nSPS) is 11.6. The number of phenolic OH excluding ortho intramolecular Hbond substituents is 1. The quantitative estimate of drug-likeness (QED) is 0.324. The second-order valence-corrected chi connectivity index (χ2v) is 4.33. The number of benzene rings is 1. The minimum Gasteiger partial charge on any atom is -0.507 e.